The first-order valence-corrected chi connectivity index (χ1v) is 10.6. The predicted molar refractivity (Wildman–Crippen MR) is 117 cm³/mol. The Morgan fingerprint density at radius 3 is 2.66 bits per heavy atom. The minimum absolute atomic E-state index is 0. The maximum absolute atomic E-state index is 11.3. The van der Waals surface area contributed by atoms with Crippen molar-refractivity contribution in [2.45, 2.75) is 59.4 Å². The summed E-state index contributed by atoms with van der Waals surface area (Å²) in [7, 11) is 0. The Morgan fingerprint density at radius 2 is 1.97 bits per heavy atom. The van der Waals surface area contributed by atoms with Gasteiger partial charge < -0.3 is 15.4 Å². The molecule has 3 rings (SSSR count). The number of amides is 1. The number of hydrogen-bond acceptors (Lipinski definition) is 4. The largest absolute Gasteiger partial charge is 1.00 e. The molecule has 154 valence electrons. The van der Waals surface area contributed by atoms with E-state index in [0.29, 0.717) is 6.42 Å². The van der Waals surface area contributed by atoms with Crippen LogP contribution in [0.15, 0.2) is 30.0 Å². The topological polar surface area (TPSA) is 60.2 Å². The van der Waals surface area contributed by atoms with E-state index < -0.39 is 5.91 Å². The van der Waals surface area contributed by atoms with Gasteiger partial charge in [0.15, 0.2) is 0 Å². The van der Waals surface area contributed by atoms with Gasteiger partial charge in [-0.15, -0.1) is 0 Å². The summed E-state index contributed by atoms with van der Waals surface area (Å²) in [5.41, 5.74) is 9.98. The molecular weight excluding hydrogens is 434 g/mol. The number of pyridine rings is 1. The molecule has 2 heterocycles. The van der Waals surface area contributed by atoms with Crippen LogP contribution in [0.25, 0.3) is 17.5 Å². The van der Waals surface area contributed by atoms with Gasteiger partial charge in [-0.1, -0.05) is 44.6 Å². The third kappa shape index (κ3) is 7.69. The first kappa shape index (κ1) is 26.7. The normalized spacial score (nSPS) is 17.9. The summed E-state index contributed by atoms with van der Waals surface area (Å²) < 4.78 is 0. The van der Waals surface area contributed by atoms with Gasteiger partial charge in [0.2, 0.25) is 0 Å². The van der Waals surface area contributed by atoms with Crippen molar-refractivity contribution >= 4 is 17.7 Å². The number of aromatic nitrogens is 1. The number of allylic oxidation sites excluding steroid dienone is 1. The van der Waals surface area contributed by atoms with Crippen LogP contribution in [0.4, 0.5) is 0 Å². The van der Waals surface area contributed by atoms with Crippen molar-refractivity contribution in [3.63, 3.8) is 0 Å². The average molecular weight is 469 g/mol. The summed E-state index contributed by atoms with van der Waals surface area (Å²) in [5, 5.41) is 2.29. The van der Waals surface area contributed by atoms with Crippen molar-refractivity contribution in [3.8, 4) is 0 Å². The Hall–Kier alpha value is -0.335. The van der Waals surface area contributed by atoms with E-state index in [1.807, 2.05) is 26.1 Å². The second-order valence-corrected chi connectivity index (χ2v) is 7.31. The Labute approximate surface area is 224 Å². The quantitative estimate of drug-likeness (QED) is 0.615. The number of rotatable bonds is 5. The smallest absolute Gasteiger partial charge is 0.668 e. The van der Waals surface area contributed by atoms with E-state index in [1.54, 1.807) is 0 Å². The van der Waals surface area contributed by atoms with Crippen LogP contribution < -0.4 is 68.8 Å². The summed E-state index contributed by atoms with van der Waals surface area (Å²) in [6.07, 6.45) is 9.51. The van der Waals surface area contributed by atoms with Gasteiger partial charge in [0.25, 0.3) is 0 Å². The van der Waals surface area contributed by atoms with Gasteiger partial charge in [-0.25, -0.2) is 0 Å². The van der Waals surface area contributed by atoms with Crippen molar-refractivity contribution in [3.05, 3.63) is 46.3 Å². The van der Waals surface area contributed by atoms with E-state index in [-0.39, 0.29) is 64.2 Å². The Morgan fingerprint density at radius 1 is 1.21 bits per heavy atom. The molecule has 0 aromatic carbocycles. The zero-order valence-electron chi connectivity index (χ0n) is 18.9. The molecule has 0 saturated carbocycles. The molecule has 5 nitrogen and oxygen atoms in total. The molecule has 0 radical (unpaired) electrons. The Kier molecular flexibility index (Phi) is 12.8. The molecule has 1 atom stereocenters. The molecule has 1 unspecified atom stereocenters. The fourth-order valence-corrected chi connectivity index (χ4v) is 4.01. The van der Waals surface area contributed by atoms with Crippen molar-refractivity contribution < 1.29 is 63.0 Å². The van der Waals surface area contributed by atoms with Crippen molar-refractivity contribution in [1.29, 1.82) is 0 Å². The molecular formula is C23H35N4ORb. The summed E-state index contributed by atoms with van der Waals surface area (Å²) in [6.45, 7) is 12.2. The molecule has 1 aromatic heterocycles. The summed E-state index contributed by atoms with van der Waals surface area (Å²) in [4.78, 5) is 20.8. The molecule has 1 aliphatic carbocycles. The van der Waals surface area contributed by atoms with E-state index in [2.05, 4.69) is 46.8 Å². The fourth-order valence-electron chi connectivity index (χ4n) is 4.01. The van der Waals surface area contributed by atoms with Crippen LogP contribution in [0.5, 0.6) is 0 Å². The van der Waals surface area contributed by atoms with Gasteiger partial charge >= 0.3 is 58.2 Å². The maximum Gasteiger partial charge on any atom is 1.00 e. The molecule has 6 heteroatoms. The SMILES string of the molecule is CC.CCC(CC([NH-])=O)N1CCCN(C2=c3ncccc3=CC=C(C)C2)CC1.[Rb+]. The van der Waals surface area contributed by atoms with Gasteiger partial charge in [0.1, 0.15) is 0 Å². The zero-order chi connectivity index (χ0) is 20.5. The minimum atomic E-state index is -0.453. The number of carbonyl (C=O) groups is 1. The molecule has 1 N–H and O–H groups in total. The van der Waals surface area contributed by atoms with Crippen LogP contribution in [-0.2, 0) is 4.79 Å². The predicted octanol–water partition coefficient (Wildman–Crippen LogP) is 0.106. The minimum Gasteiger partial charge on any atom is -0.668 e. The molecule has 2 aliphatic rings. The second-order valence-electron chi connectivity index (χ2n) is 7.31. The van der Waals surface area contributed by atoms with Crippen LogP contribution in [-0.4, -0.2) is 52.9 Å². The Balaban J connectivity index is 0.00000136. The van der Waals surface area contributed by atoms with Gasteiger partial charge in [-0.05, 0) is 25.8 Å². The third-order valence-electron chi connectivity index (χ3n) is 5.43. The molecule has 29 heavy (non-hydrogen) atoms. The van der Waals surface area contributed by atoms with E-state index in [4.69, 9.17) is 5.73 Å². The van der Waals surface area contributed by atoms with Crippen molar-refractivity contribution in [2.75, 3.05) is 26.2 Å². The second kappa shape index (κ2) is 13.9. The first-order chi connectivity index (χ1) is 13.6. The van der Waals surface area contributed by atoms with Gasteiger partial charge in [0.05, 0.1) is 11.3 Å². The molecule has 0 spiro atoms. The molecule has 1 amide bonds. The first-order valence-electron chi connectivity index (χ1n) is 10.6. The maximum atomic E-state index is 11.3. The summed E-state index contributed by atoms with van der Waals surface area (Å²) >= 11 is 0. The van der Waals surface area contributed by atoms with Crippen LogP contribution in [0.3, 0.4) is 0 Å². The van der Waals surface area contributed by atoms with Gasteiger partial charge in [-0.2, -0.15) is 0 Å². The number of carbonyl (C=O) groups excluding carboxylic acids is 1. The van der Waals surface area contributed by atoms with Gasteiger partial charge in [-0.3, -0.25) is 9.88 Å². The molecule has 1 aromatic rings. The van der Waals surface area contributed by atoms with Crippen LogP contribution >= 0.6 is 0 Å². The van der Waals surface area contributed by atoms with Crippen molar-refractivity contribution in [1.82, 2.24) is 14.8 Å². The van der Waals surface area contributed by atoms with E-state index in [9.17, 15) is 4.79 Å². The van der Waals surface area contributed by atoms with Gasteiger partial charge in [0, 0.05) is 62.2 Å². The van der Waals surface area contributed by atoms with E-state index in [1.165, 1.54) is 16.5 Å². The molecule has 1 fully saturated rings. The van der Waals surface area contributed by atoms with Crippen LogP contribution in [0.1, 0.15) is 53.4 Å². The fraction of sp³-hybridized carbons (Fsp3) is 0.565. The number of nitrogens with zero attached hydrogens (tertiary/aromatic N) is 3. The zero-order valence-corrected chi connectivity index (χ0v) is 23.8. The van der Waals surface area contributed by atoms with Crippen LogP contribution in [0.2, 0.25) is 0 Å². The van der Waals surface area contributed by atoms with E-state index in [0.717, 1.165) is 50.8 Å². The third-order valence-corrected chi connectivity index (χ3v) is 5.43. The van der Waals surface area contributed by atoms with Crippen molar-refractivity contribution in [2.24, 2.45) is 0 Å². The molecule has 1 aliphatic heterocycles. The summed E-state index contributed by atoms with van der Waals surface area (Å²) in [5.74, 6) is -0.453. The molecule has 1 saturated heterocycles. The number of hydrogen-bond donors (Lipinski definition) is 0. The van der Waals surface area contributed by atoms with Crippen LogP contribution in [0, 0.1) is 0 Å². The number of nitrogens with one attached hydrogen (secondary N) is 1. The summed E-state index contributed by atoms with van der Waals surface area (Å²) in [6, 6.07) is 4.32. The Bertz CT molecular complexity index is 805. The van der Waals surface area contributed by atoms with E-state index >= 15 is 0 Å². The standard InChI is InChI=1S/C21H30N4O.C2H6.Rb/c1-3-18(15-20(22)26)24-10-5-11-25(13-12-24)19-14-16(2)7-8-17-6-4-9-23-21(17)19;1-2;/h4,6-9,18H,3,5,10-15H2,1-2H3,(H2,22,26);1-2H3;/q;;+1/p-1. The average Bonchev–Trinajstić information content (AvgIpc) is 3.05. The number of fused-ring (bicyclic) bond motifs is 1. The molecule has 0 bridgehead atoms. The monoisotopic (exact) mass is 468 g/mol.